The van der Waals surface area contributed by atoms with Gasteiger partial charge in [-0.2, -0.15) is 0 Å². The van der Waals surface area contributed by atoms with Gasteiger partial charge in [0.1, 0.15) is 11.4 Å². The third-order valence-corrected chi connectivity index (χ3v) is 5.99. The van der Waals surface area contributed by atoms with Crippen molar-refractivity contribution in [1.82, 2.24) is 9.13 Å². The van der Waals surface area contributed by atoms with Gasteiger partial charge >= 0.3 is 11.7 Å². The van der Waals surface area contributed by atoms with Gasteiger partial charge < -0.3 is 10.5 Å². The van der Waals surface area contributed by atoms with E-state index in [4.69, 9.17) is 10.5 Å². The second kappa shape index (κ2) is 7.70. The molecule has 8 heteroatoms. The zero-order valence-electron chi connectivity index (χ0n) is 15.9. The monoisotopic (exact) mass is 377 g/mol. The van der Waals surface area contributed by atoms with Gasteiger partial charge in [-0.25, -0.2) is 4.79 Å². The van der Waals surface area contributed by atoms with Gasteiger partial charge in [-0.1, -0.05) is 13.3 Å². The van der Waals surface area contributed by atoms with Crippen molar-refractivity contribution >= 4 is 17.6 Å². The van der Waals surface area contributed by atoms with Crippen molar-refractivity contribution in [2.75, 3.05) is 12.3 Å². The number of ketones is 1. The Morgan fingerprint density at radius 3 is 2.56 bits per heavy atom. The van der Waals surface area contributed by atoms with E-state index in [0.29, 0.717) is 31.2 Å². The Morgan fingerprint density at radius 1 is 1.22 bits per heavy atom. The number of aromatic nitrogens is 2. The molecule has 2 bridgehead atoms. The number of rotatable bonds is 7. The molecule has 2 saturated carbocycles. The number of nitrogens with zero attached hydrogens (tertiary/aromatic N) is 2. The average molecular weight is 377 g/mol. The lowest BCUT2D eigenvalue weighted by Crippen LogP contribution is -2.43. The molecule has 27 heavy (non-hydrogen) atoms. The van der Waals surface area contributed by atoms with Crippen molar-refractivity contribution in [2.45, 2.75) is 52.0 Å². The van der Waals surface area contributed by atoms with Crippen molar-refractivity contribution in [3.05, 3.63) is 26.4 Å². The van der Waals surface area contributed by atoms with Crippen LogP contribution in [0.4, 0.5) is 5.82 Å². The summed E-state index contributed by atoms with van der Waals surface area (Å²) >= 11 is 0. The second-order valence-corrected chi connectivity index (χ2v) is 7.78. The topological polar surface area (TPSA) is 113 Å². The van der Waals surface area contributed by atoms with Crippen LogP contribution in [-0.2, 0) is 23.1 Å². The molecule has 2 fully saturated rings. The fourth-order valence-corrected chi connectivity index (χ4v) is 4.60. The highest BCUT2D eigenvalue weighted by molar-refractivity contribution is 6.01. The molecule has 148 valence electrons. The molecule has 0 amide bonds. The van der Waals surface area contributed by atoms with Gasteiger partial charge in [0, 0.05) is 20.0 Å². The maximum Gasteiger partial charge on any atom is 0.332 e. The summed E-state index contributed by atoms with van der Waals surface area (Å²) in [6.45, 7) is 1.61. The Balaban J connectivity index is 1.68. The van der Waals surface area contributed by atoms with Crippen LogP contribution < -0.4 is 17.0 Å². The Kier molecular flexibility index (Phi) is 5.53. The molecule has 0 radical (unpaired) electrons. The molecule has 2 N–H and O–H groups in total. The molecule has 8 nitrogen and oxygen atoms in total. The van der Waals surface area contributed by atoms with E-state index in [9.17, 15) is 19.2 Å². The third kappa shape index (κ3) is 3.70. The van der Waals surface area contributed by atoms with Crippen LogP contribution in [0.5, 0.6) is 0 Å². The standard InChI is InChI=1S/C19H27N3O5/c1-3-6-22-17(20)16(18(25)21(2)19(22)26)14(23)10-27-15(24)9-13-8-11-4-5-12(13)7-11/h11-13H,3-10,20H2,1-2H3/t11-,12-,13+/m1/s1. The van der Waals surface area contributed by atoms with Gasteiger partial charge in [0.25, 0.3) is 5.56 Å². The van der Waals surface area contributed by atoms with E-state index in [1.807, 2.05) is 6.92 Å². The molecule has 2 aliphatic rings. The minimum Gasteiger partial charge on any atom is -0.457 e. The zero-order valence-corrected chi connectivity index (χ0v) is 15.9. The number of carbonyl (C=O) groups excluding carboxylic acids is 2. The number of hydrogen-bond acceptors (Lipinski definition) is 6. The van der Waals surface area contributed by atoms with E-state index >= 15 is 0 Å². The fraction of sp³-hybridized carbons (Fsp3) is 0.684. The Hall–Kier alpha value is -2.38. The number of carbonyl (C=O) groups is 2. The summed E-state index contributed by atoms with van der Waals surface area (Å²) in [5.41, 5.74) is 4.29. The molecule has 0 spiro atoms. The van der Waals surface area contributed by atoms with E-state index in [1.165, 1.54) is 30.9 Å². The summed E-state index contributed by atoms with van der Waals surface area (Å²) in [5.74, 6) is 0.405. The van der Waals surface area contributed by atoms with Gasteiger partial charge in [0.15, 0.2) is 6.61 Å². The fourth-order valence-electron chi connectivity index (χ4n) is 4.60. The van der Waals surface area contributed by atoms with Crippen molar-refractivity contribution in [3.63, 3.8) is 0 Å². The quantitative estimate of drug-likeness (QED) is 0.562. The summed E-state index contributed by atoms with van der Waals surface area (Å²) in [6.07, 6.45) is 5.62. The summed E-state index contributed by atoms with van der Waals surface area (Å²) in [7, 11) is 1.30. The number of anilines is 1. The first kappa shape index (κ1) is 19.4. The number of nitrogen functional groups attached to an aromatic ring is 1. The lowest BCUT2D eigenvalue weighted by molar-refractivity contribution is -0.144. The minimum absolute atomic E-state index is 0.167. The van der Waals surface area contributed by atoms with Crippen LogP contribution in [0, 0.1) is 17.8 Å². The zero-order chi connectivity index (χ0) is 19.7. The average Bonchev–Trinajstić information content (AvgIpc) is 3.25. The van der Waals surface area contributed by atoms with Crippen LogP contribution in [0.2, 0.25) is 0 Å². The second-order valence-electron chi connectivity index (χ2n) is 7.78. The lowest BCUT2D eigenvalue weighted by Gasteiger charge is -2.20. The molecule has 2 aliphatic carbocycles. The van der Waals surface area contributed by atoms with Crippen molar-refractivity contribution < 1.29 is 14.3 Å². The molecular weight excluding hydrogens is 350 g/mol. The summed E-state index contributed by atoms with van der Waals surface area (Å²) < 4.78 is 7.19. The van der Waals surface area contributed by atoms with Gasteiger partial charge in [-0.3, -0.25) is 23.5 Å². The molecule has 3 rings (SSSR count). The predicted octanol–water partition coefficient (Wildman–Crippen LogP) is 1.09. The first-order valence-electron chi connectivity index (χ1n) is 9.61. The molecule has 0 unspecified atom stereocenters. The van der Waals surface area contributed by atoms with Crippen LogP contribution in [0.25, 0.3) is 0 Å². The molecule has 0 saturated heterocycles. The Morgan fingerprint density at radius 2 is 1.96 bits per heavy atom. The normalized spacial score (nSPS) is 23.6. The molecular formula is C19H27N3O5. The number of Topliss-reactive ketones (excluding diaryl/α,β-unsaturated/α-hetero) is 1. The molecule has 3 atom stereocenters. The highest BCUT2D eigenvalue weighted by Gasteiger charge is 2.40. The Labute approximate surface area is 157 Å². The van der Waals surface area contributed by atoms with Gasteiger partial charge in [0.05, 0.1) is 0 Å². The van der Waals surface area contributed by atoms with Gasteiger partial charge in [-0.15, -0.1) is 0 Å². The number of esters is 1. The van der Waals surface area contributed by atoms with Crippen molar-refractivity contribution in [2.24, 2.45) is 24.8 Å². The van der Waals surface area contributed by atoms with E-state index < -0.39 is 29.6 Å². The third-order valence-electron chi connectivity index (χ3n) is 5.99. The van der Waals surface area contributed by atoms with E-state index in [0.717, 1.165) is 16.9 Å². The van der Waals surface area contributed by atoms with Crippen LogP contribution in [0.1, 0.15) is 55.8 Å². The summed E-state index contributed by atoms with van der Waals surface area (Å²) in [4.78, 5) is 49.1. The molecule has 0 aliphatic heterocycles. The van der Waals surface area contributed by atoms with E-state index in [1.54, 1.807) is 0 Å². The van der Waals surface area contributed by atoms with Gasteiger partial charge in [0.2, 0.25) is 5.78 Å². The number of ether oxygens (including phenoxy) is 1. The summed E-state index contributed by atoms with van der Waals surface area (Å²) in [5, 5.41) is 0. The highest BCUT2D eigenvalue weighted by Crippen LogP contribution is 2.49. The van der Waals surface area contributed by atoms with Crippen molar-refractivity contribution in [3.8, 4) is 0 Å². The Bertz CT molecular complexity index is 869. The van der Waals surface area contributed by atoms with Gasteiger partial charge in [-0.05, 0) is 43.4 Å². The van der Waals surface area contributed by atoms with Crippen LogP contribution in [0.15, 0.2) is 9.59 Å². The first-order chi connectivity index (χ1) is 12.8. The summed E-state index contributed by atoms with van der Waals surface area (Å²) in [6, 6.07) is 0. The number of hydrogen-bond donors (Lipinski definition) is 1. The van der Waals surface area contributed by atoms with Crippen LogP contribution in [-0.4, -0.2) is 27.5 Å². The first-order valence-corrected chi connectivity index (χ1v) is 9.61. The van der Waals surface area contributed by atoms with E-state index in [2.05, 4.69) is 0 Å². The van der Waals surface area contributed by atoms with Crippen LogP contribution in [0.3, 0.4) is 0 Å². The molecule has 1 heterocycles. The largest absolute Gasteiger partial charge is 0.457 e. The van der Waals surface area contributed by atoms with Crippen LogP contribution >= 0.6 is 0 Å². The smallest absolute Gasteiger partial charge is 0.332 e. The predicted molar refractivity (Wildman–Crippen MR) is 99.5 cm³/mol. The highest BCUT2D eigenvalue weighted by atomic mass is 16.5. The molecule has 0 aromatic carbocycles. The SMILES string of the molecule is CCCn1c(N)c(C(=O)COC(=O)C[C@@H]2C[C@@H]3CC[C@@H]2C3)c(=O)n(C)c1=O. The number of nitrogens with two attached hydrogens (primary N) is 1. The minimum atomic E-state index is -0.765. The number of fused-ring (bicyclic) bond motifs is 2. The maximum absolute atomic E-state index is 12.5. The maximum atomic E-state index is 12.5. The molecule has 1 aromatic heterocycles. The van der Waals surface area contributed by atoms with Crippen molar-refractivity contribution in [1.29, 1.82) is 0 Å². The van der Waals surface area contributed by atoms with E-state index in [-0.39, 0.29) is 11.4 Å². The molecule has 1 aromatic rings. The lowest BCUT2D eigenvalue weighted by atomic mass is 9.86.